The van der Waals surface area contributed by atoms with E-state index >= 15 is 0 Å². The molecule has 110 valence electrons. The fourth-order valence-electron chi connectivity index (χ4n) is 3.06. The molecular formula is C14H22N4O2. The summed E-state index contributed by atoms with van der Waals surface area (Å²) >= 11 is 0. The number of nitriles is 1. The number of rotatable bonds is 4. The van der Waals surface area contributed by atoms with Crippen LogP contribution in [0.2, 0.25) is 0 Å². The molecule has 20 heavy (non-hydrogen) atoms. The predicted molar refractivity (Wildman–Crippen MR) is 73.3 cm³/mol. The molecule has 0 aromatic rings. The summed E-state index contributed by atoms with van der Waals surface area (Å²) in [6, 6.07) is 1.43. The van der Waals surface area contributed by atoms with E-state index in [1.54, 1.807) is 0 Å². The summed E-state index contributed by atoms with van der Waals surface area (Å²) in [4.78, 5) is 23.4. The average molecular weight is 278 g/mol. The number of hydrogen-bond acceptors (Lipinski definition) is 4. The lowest BCUT2D eigenvalue weighted by Gasteiger charge is -2.26. The highest BCUT2D eigenvalue weighted by atomic mass is 16.2. The highest BCUT2D eigenvalue weighted by molar-refractivity contribution is 5.86. The Kier molecular flexibility index (Phi) is 4.61. The van der Waals surface area contributed by atoms with Crippen molar-refractivity contribution in [1.82, 2.24) is 10.6 Å². The zero-order chi connectivity index (χ0) is 14.6. The number of carbonyl (C=O) groups excluding carboxylic acids is 2. The first-order chi connectivity index (χ1) is 9.54. The predicted octanol–water partition coefficient (Wildman–Crippen LogP) is 0.183. The molecule has 2 atom stereocenters. The number of nitrogens with zero attached hydrogens (tertiary/aromatic N) is 1. The quantitative estimate of drug-likeness (QED) is 0.681. The van der Waals surface area contributed by atoms with Gasteiger partial charge in [-0.1, -0.05) is 32.1 Å². The number of nitrogens with two attached hydrogens (primary N) is 1. The smallest absolute Gasteiger partial charge is 0.238 e. The molecule has 0 aromatic heterocycles. The van der Waals surface area contributed by atoms with Crippen LogP contribution in [0, 0.1) is 17.2 Å². The highest BCUT2D eigenvalue weighted by Crippen LogP contribution is 2.27. The van der Waals surface area contributed by atoms with E-state index in [0.29, 0.717) is 12.3 Å². The van der Waals surface area contributed by atoms with Gasteiger partial charge in [-0.05, 0) is 12.3 Å². The van der Waals surface area contributed by atoms with Crippen LogP contribution in [0.1, 0.15) is 44.9 Å². The van der Waals surface area contributed by atoms with Gasteiger partial charge >= 0.3 is 0 Å². The van der Waals surface area contributed by atoms with Gasteiger partial charge in [-0.15, -0.1) is 0 Å². The molecular weight excluding hydrogens is 256 g/mol. The van der Waals surface area contributed by atoms with Crippen molar-refractivity contribution >= 4 is 11.8 Å². The highest BCUT2D eigenvalue weighted by Gasteiger charge is 2.41. The van der Waals surface area contributed by atoms with Gasteiger partial charge in [-0.3, -0.25) is 9.59 Å². The van der Waals surface area contributed by atoms with Crippen LogP contribution in [-0.4, -0.2) is 29.9 Å². The number of amides is 2. The maximum atomic E-state index is 12.1. The van der Waals surface area contributed by atoms with E-state index in [-0.39, 0.29) is 24.8 Å². The molecule has 1 saturated heterocycles. The van der Waals surface area contributed by atoms with Crippen molar-refractivity contribution in [1.29, 1.82) is 5.26 Å². The van der Waals surface area contributed by atoms with Gasteiger partial charge in [0.2, 0.25) is 11.8 Å². The van der Waals surface area contributed by atoms with Gasteiger partial charge in [0.1, 0.15) is 0 Å². The summed E-state index contributed by atoms with van der Waals surface area (Å²) in [6.07, 6.45) is 6.61. The molecule has 2 unspecified atom stereocenters. The van der Waals surface area contributed by atoms with Gasteiger partial charge in [0.05, 0.1) is 25.1 Å². The third-order valence-corrected chi connectivity index (χ3v) is 4.27. The summed E-state index contributed by atoms with van der Waals surface area (Å²) in [5, 5.41) is 14.4. The van der Waals surface area contributed by atoms with E-state index in [2.05, 4.69) is 10.6 Å². The summed E-state index contributed by atoms with van der Waals surface area (Å²) in [5.74, 6) is -0.0350. The van der Waals surface area contributed by atoms with E-state index in [1.165, 1.54) is 19.3 Å². The SMILES string of the molecule is N#CC1(NC(=O)C(N)CC2CCCCC2)CNC(=O)C1. The molecule has 0 bridgehead atoms. The third kappa shape index (κ3) is 3.48. The van der Waals surface area contributed by atoms with E-state index in [1.807, 2.05) is 6.07 Å². The molecule has 1 aliphatic carbocycles. The molecule has 2 amide bonds. The second-order valence-corrected chi connectivity index (χ2v) is 5.98. The van der Waals surface area contributed by atoms with Gasteiger partial charge in [0.15, 0.2) is 5.54 Å². The first kappa shape index (κ1) is 14.8. The Bertz CT molecular complexity index is 425. The van der Waals surface area contributed by atoms with Crippen LogP contribution in [0.5, 0.6) is 0 Å². The minimum absolute atomic E-state index is 0.00535. The lowest BCUT2D eigenvalue weighted by molar-refractivity contribution is -0.124. The second kappa shape index (κ2) is 6.23. The van der Waals surface area contributed by atoms with Crippen LogP contribution in [0.4, 0.5) is 0 Å². The summed E-state index contributed by atoms with van der Waals surface area (Å²) in [6.45, 7) is 0.157. The zero-order valence-electron chi connectivity index (χ0n) is 11.7. The van der Waals surface area contributed by atoms with Crippen molar-refractivity contribution in [3.05, 3.63) is 0 Å². The van der Waals surface area contributed by atoms with E-state index in [0.717, 1.165) is 12.8 Å². The lowest BCUT2D eigenvalue weighted by atomic mass is 9.84. The minimum atomic E-state index is -1.13. The Hall–Kier alpha value is -1.61. The number of hydrogen-bond donors (Lipinski definition) is 3. The van der Waals surface area contributed by atoms with Crippen LogP contribution in [0.25, 0.3) is 0 Å². The fourth-order valence-corrected chi connectivity index (χ4v) is 3.06. The molecule has 2 fully saturated rings. The van der Waals surface area contributed by atoms with Crippen LogP contribution in [-0.2, 0) is 9.59 Å². The minimum Gasteiger partial charge on any atom is -0.353 e. The Morgan fingerprint density at radius 1 is 1.50 bits per heavy atom. The molecule has 0 radical (unpaired) electrons. The van der Waals surface area contributed by atoms with Crippen LogP contribution in [0.3, 0.4) is 0 Å². The molecule has 0 aromatic carbocycles. The molecule has 0 spiro atoms. The van der Waals surface area contributed by atoms with E-state index in [9.17, 15) is 14.9 Å². The normalized spacial score (nSPS) is 28.5. The van der Waals surface area contributed by atoms with Crippen molar-refractivity contribution in [2.75, 3.05) is 6.54 Å². The van der Waals surface area contributed by atoms with Gasteiger partial charge < -0.3 is 16.4 Å². The van der Waals surface area contributed by atoms with Gasteiger partial charge in [0, 0.05) is 0 Å². The Balaban J connectivity index is 1.87. The standard InChI is InChI=1S/C14H22N4O2/c15-8-14(7-12(19)17-9-14)18-13(20)11(16)6-10-4-2-1-3-5-10/h10-11H,1-7,9,16H2,(H,17,19)(H,18,20). The first-order valence-electron chi connectivity index (χ1n) is 7.30. The van der Waals surface area contributed by atoms with Gasteiger partial charge in [-0.2, -0.15) is 5.26 Å². The average Bonchev–Trinajstić information content (AvgIpc) is 2.81. The molecule has 6 heteroatoms. The molecule has 1 aliphatic heterocycles. The van der Waals surface area contributed by atoms with Crippen molar-refractivity contribution in [2.45, 2.75) is 56.5 Å². The van der Waals surface area contributed by atoms with E-state index < -0.39 is 11.6 Å². The first-order valence-corrected chi connectivity index (χ1v) is 7.30. The summed E-state index contributed by atoms with van der Waals surface area (Å²) in [5.41, 5.74) is 4.82. The molecule has 1 saturated carbocycles. The summed E-state index contributed by atoms with van der Waals surface area (Å²) < 4.78 is 0. The number of carbonyl (C=O) groups is 2. The number of nitrogens with one attached hydrogen (secondary N) is 2. The molecule has 1 heterocycles. The Morgan fingerprint density at radius 2 is 2.20 bits per heavy atom. The lowest BCUT2D eigenvalue weighted by Crippen LogP contribution is -2.54. The fraction of sp³-hybridized carbons (Fsp3) is 0.786. The molecule has 2 aliphatic rings. The topological polar surface area (TPSA) is 108 Å². The molecule has 4 N–H and O–H groups in total. The maximum Gasteiger partial charge on any atom is 0.238 e. The largest absolute Gasteiger partial charge is 0.353 e. The maximum absolute atomic E-state index is 12.1. The molecule has 2 rings (SSSR count). The monoisotopic (exact) mass is 278 g/mol. The molecule has 6 nitrogen and oxygen atoms in total. The second-order valence-electron chi connectivity index (χ2n) is 5.98. The van der Waals surface area contributed by atoms with E-state index in [4.69, 9.17) is 5.73 Å². The van der Waals surface area contributed by atoms with Gasteiger partial charge in [-0.25, -0.2) is 0 Å². The van der Waals surface area contributed by atoms with Crippen molar-refractivity contribution in [2.24, 2.45) is 11.7 Å². The Labute approximate surface area is 119 Å². The van der Waals surface area contributed by atoms with Crippen LogP contribution >= 0.6 is 0 Å². The summed E-state index contributed by atoms with van der Waals surface area (Å²) in [7, 11) is 0. The van der Waals surface area contributed by atoms with Crippen molar-refractivity contribution in [3.8, 4) is 6.07 Å². The Morgan fingerprint density at radius 3 is 2.75 bits per heavy atom. The van der Waals surface area contributed by atoms with Crippen LogP contribution < -0.4 is 16.4 Å². The van der Waals surface area contributed by atoms with Gasteiger partial charge in [0.25, 0.3) is 0 Å². The zero-order valence-corrected chi connectivity index (χ0v) is 11.7. The van der Waals surface area contributed by atoms with Crippen molar-refractivity contribution in [3.63, 3.8) is 0 Å². The third-order valence-electron chi connectivity index (χ3n) is 4.27. The van der Waals surface area contributed by atoms with Crippen molar-refractivity contribution < 1.29 is 9.59 Å². The van der Waals surface area contributed by atoms with Crippen LogP contribution in [0.15, 0.2) is 0 Å².